The zero-order valence-corrected chi connectivity index (χ0v) is 9.27. The minimum Gasteiger partial charge on any atom is -0.340 e. The minimum atomic E-state index is 0. The Morgan fingerprint density at radius 3 is 2.76 bits per heavy atom. The van der Waals surface area contributed by atoms with Crippen LogP contribution < -0.4 is 11.1 Å². The van der Waals surface area contributed by atoms with Crippen molar-refractivity contribution >= 4 is 11.5 Å². The van der Waals surface area contributed by atoms with E-state index in [1.54, 1.807) is 6.20 Å². The van der Waals surface area contributed by atoms with Gasteiger partial charge in [0.25, 0.3) is 0 Å². The molecule has 0 saturated carbocycles. The van der Waals surface area contributed by atoms with E-state index in [1.165, 1.54) is 0 Å². The Labute approximate surface area is 103 Å². The van der Waals surface area contributed by atoms with E-state index in [9.17, 15) is 0 Å². The number of pyridine rings is 1. The van der Waals surface area contributed by atoms with Crippen molar-refractivity contribution in [3.05, 3.63) is 53.7 Å². The highest BCUT2D eigenvalue weighted by Crippen LogP contribution is 2.18. The average Bonchev–Trinajstić information content (AvgIpc) is 2.32. The molecule has 0 radical (unpaired) electrons. The molecule has 0 amide bonds. The maximum absolute atomic E-state index is 5.60. The second kappa shape index (κ2) is 6.01. The number of rotatable bonds is 3. The monoisotopic (exact) mass is 229 g/mol. The molecule has 0 aliphatic carbocycles. The van der Waals surface area contributed by atoms with E-state index in [1.807, 2.05) is 43.3 Å². The molecule has 17 heavy (non-hydrogen) atoms. The van der Waals surface area contributed by atoms with Gasteiger partial charge in [-0.1, -0.05) is 25.6 Å². The highest BCUT2D eigenvalue weighted by molar-refractivity contribution is 5.59. The minimum absolute atomic E-state index is 0. The van der Waals surface area contributed by atoms with Gasteiger partial charge in [-0.15, -0.1) is 0 Å². The number of aromatic nitrogens is 1. The molecule has 0 fully saturated rings. The van der Waals surface area contributed by atoms with E-state index in [-0.39, 0.29) is 7.43 Å². The SMILES string of the molecule is C.Cc1cccnc1Nc1cccc(CN)c1. The number of hydrogen-bond donors (Lipinski definition) is 2. The van der Waals surface area contributed by atoms with Crippen LogP contribution in [0.15, 0.2) is 42.6 Å². The topological polar surface area (TPSA) is 50.9 Å². The van der Waals surface area contributed by atoms with Crippen molar-refractivity contribution < 1.29 is 0 Å². The number of nitrogens with two attached hydrogens (primary N) is 1. The standard InChI is InChI=1S/C13H15N3.CH4/c1-10-4-3-7-15-13(10)16-12-6-2-5-11(8-12)9-14;/h2-8H,9,14H2,1H3,(H,15,16);1H4. The summed E-state index contributed by atoms with van der Waals surface area (Å²) in [5.41, 5.74) is 8.85. The summed E-state index contributed by atoms with van der Waals surface area (Å²) in [5.74, 6) is 0.886. The molecule has 3 heteroatoms. The first-order valence-electron chi connectivity index (χ1n) is 5.27. The first kappa shape index (κ1) is 13.2. The molecule has 0 aliphatic rings. The van der Waals surface area contributed by atoms with Crippen molar-refractivity contribution in [2.45, 2.75) is 20.9 Å². The van der Waals surface area contributed by atoms with E-state index in [2.05, 4.69) is 10.3 Å². The van der Waals surface area contributed by atoms with Crippen LogP contribution >= 0.6 is 0 Å². The molecule has 1 aromatic heterocycles. The molecule has 0 saturated heterocycles. The highest BCUT2D eigenvalue weighted by atomic mass is 15.0. The van der Waals surface area contributed by atoms with Crippen LogP contribution in [0.1, 0.15) is 18.6 Å². The van der Waals surface area contributed by atoms with Gasteiger partial charge in [0.1, 0.15) is 5.82 Å². The fraction of sp³-hybridized carbons (Fsp3) is 0.214. The zero-order valence-electron chi connectivity index (χ0n) is 9.27. The quantitative estimate of drug-likeness (QED) is 0.849. The van der Waals surface area contributed by atoms with Gasteiger partial charge in [0.2, 0.25) is 0 Å². The Morgan fingerprint density at radius 2 is 2.06 bits per heavy atom. The molecule has 1 heterocycles. The van der Waals surface area contributed by atoms with Crippen molar-refractivity contribution in [1.29, 1.82) is 0 Å². The Bertz CT molecular complexity index is 480. The summed E-state index contributed by atoms with van der Waals surface area (Å²) < 4.78 is 0. The van der Waals surface area contributed by atoms with Gasteiger partial charge in [-0.25, -0.2) is 4.98 Å². The number of benzene rings is 1. The summed E-state index contributed by atoms with van der Waals surface area (Å²) in [5, 5.41) is 3.28. The summed E-state index contributed by atoms with van der Waals surface area (Å²) in [4.78, 5) is 4.29. The molecule has 0 atom stereocenters. The van der Waals surface area contributed by atoms with E-state index in [4.69, 9.17) is 5.73 Å². The van der Waals surface area contributed by atoms with E-state index >= 15 is 0 Å². The molecular formula is C14H19N3. The van der Waals surface area contributed by atoms with Crippen LogP contribution in [0.5, 0.6) is 0 Å². The molecule has 0 aliphatic heterocycles. The van der Waals surface area contributed by atoms with Crippen LogP contribution in [0.2, 0.25) is 0 Å². The van der Waals surface area contributed by atoms with Crippen LogP contribution in [-0.4, -0.2) is 4.98 Å². The number of nitrogens with zero attached hydrogens (tertiary/aromatic N) is 1. The van der Waals surface area contributed by atoms with E-state index in [0.717, 1.165) is 22.6 Å². The second-order valence-corrected chi connectivity index (χ2v) is 3.70. The van der Waals surface area contributed by atoms with Gasteiger partial charge in [0, 0.05) is 18.4 Å². The number of hydrogen-bond acceptors (Lipinski definition) is 3. The van der Waals surface area contributed by atoms with E-state index < -0.39 is 0 Å². The van der Waals surface area contributed by atoms with Gasteiger partial charge in [-0.2, -0.15) is 0 Å². The summed E-state index contributed by atoms with van der Waals surface area (Å²) in [6.07, 6.45) is 1.78. The van der Waals surface area contributed by atoms with Gasteiger partial charge >= 0.3 is 0 Å². The Kier molecular flexibility index (Phi) is 4.67. The number of anilines is 2. The molecule has 0 bridgehead atoms. The molecule has 1 aromatic carbocycles. The van der Waals surface area contributed by atoms with E-state index in [0.29, 0.717) is 6.54 Å². The lowest BCUT2D eigenvalue weighted by atomic mass is 10.2. The van der Waals surface area contributed by atoms with Crippen molar-refractivity contribution in [3.63, 3.8) is 0 Å². The van der Waals surface area contributed by atoms with Gasteiger partial charge in [0.15, 0.2) is 0 Å². The molecule has 3 N–H and O–H groups in total. The smallest absolute Gasteiger partial charge is 0.133 e. The van der Waals surface area contributed by atoms with Gasteiger partial charge in [-0.3, -0.25) is 0 Å². The van der Waals surface area contributed by atoms with Crippen LogP contribution in [0, 0.1) is 6.92 Å². The van der Waals surface area contributed by atoms with Crippen LogP contribution in [0.25, 0.3) is 0 Å². The summed E-state index contributed by atoms with van der Waals surface area (Å²) in [7, 11) is 0. The molecule has 0 spiro atoms. The Balaban J connectivity index is 0.00000144. The summed E-state index contributed by atoms with van der Waals surface area (Å²) in [6, 6.07) is 12.0. The maximum atomic E-state index is 5.60. The summed E-state index contributed by atoms with van der Waals surface area (Å²) in [6.45, 7) is 2.58. The third-order valence-corrected chi connectivity index (χ3v) is 2.43. The fourth-order valence-corrected chi connectivity index (χ4v) is 1.53. The van der Waals surface area contributed by atoms with Gasteiger partial charge < -0.3 is 11.1 Å². The third kappa shape index (κ3) is 3.29. The highest BCUT2D eigenvalue weighted by Gasteiger charge is 1.99. The van der Waals surface area contributed by atoms with Crippen LogP contribution in [-0.2, 0) is 6.54 Å². The Morgan fingerprint density at radius 1 is 1.24 bits per heavy atom. The van der Waals surface area contributed by atoms with Gasteiger partial charge in [0.05, 0.1) is 0 Å². The third-order valence-electron chi connectivity index (χ3n) is 2.43. The van der Waals surface area contributed by atoms with Crippen molar-refractivity contribution in [3.8, 4) is 0 Å². The average molecular weight is 229 g/mol. The van der Waals surface area contributed by atoms with Crippen molar-refractivity contribution in [1.82, 2.24) is 4.98 Å². The van der Waals surface area contributed by atoms with Crippen molar-refractivity contribution in [2.24, 2.45) is 5.73 Å². The largest absolute Gasteiger partial charge is 0.340 e. The normalized spacial score (nSPS) is 9.53. The predicted molar refractivity (Wildman–Crippen MR) is 73.3 cm³/mol. The zero-order chi connectivity index (χ0) is 11.4. The lowest BCUT2D eigenvalue weighted by Gasteiger charge is -2.08. The molecule has 2 rings (SSSR count). The lowest BCUT2D eigenvalue weighted by molar-refractivity contribution is 1.07. The summed E-state index contributed by atoms with van der Waals surface area (Å²) >= 11 is 0. The molecule has 90 valence electrons. The van der Waals surface area contributed by atoms with Crippen molar-refractivity contribution in [2.75, 3.05) is 5.32 Å². The van der Waals surface area contributed by atoms with Crippen LogP contribution in [0.4, 0.5) is 11.5 Å². The number of nitrogens with one attached hydrogen (secondary N) is 1. The first-order valence-corrected chi connectivity index (χ1v) is 5.27. The molecular weight excluding hydrogens is 210 g/mol. The first-order chi connectivity index (χ1) is 7.79. The van der Waals surface area contributed by atoms with Gasteiger partial charge in [-0.05, 0) is 36.2 Å². The number of aryl methyl sites for hydroxylation is 1. The molecule has 0 unspecified atom stereocenters. The lowest BCUT2D eigenvalue weighted by Crippen LogP contribution is -1.99. The fourth-order valence-electron chi connectivity index (χ4n) is 1.53. The molecule has 3 nitrogen and oxygen atoms in total. The second-order valence-electron chi connectivity index (χ2n) is 3.70. The van der Waals surface area contributed by atoms with Crippen LogP contribution in [0.3, 0.4) is 0 Å². The predicted octanol–water partition coefficient (Wildman–Crippen LogP) is 3.23. The molecule has 2 aromatic rings. The maximum Gasteiger partial charge on any atom is 0.133 e. The Hall–Kier alpha value is -1.87.